The fourth-order valence-corrected chi connectivity index (χ4v) is 2.08. The number of carbonyl (C=O) groups is 1. The molecule has 94 valence electrons. The molecule has 0 aliphatic carbocycles. The van der Waals surface area contributed by atoms with E-state index in [0.717, 1.165) is 29.5 Å². The van der Waals surface area contributed by atoms with Crippen molar-refractivity contribution >= 4 is 40.1 Å². The average Bonchev–Trinajstić information content (AvgIpc) is 2.33. The third kappa shape index (κ3) is 4.14. The van der Waals surface area contributed by atoms with E-state index in [1.54, 1.807) is 6.07 Å². The molecule has 0 saturated heterocycles. The Balaban J connectivity index is 2.82. The summed E-state index contributed by atoms with van der Waals surface area (Å²) < 4.78 is 0.970. The Kier molecular flexibility index (Phi) is 6.27. The van der Waals surface area contributed by atoms with Crippen LogP contribution in [0.15, 0.2) is 18.2 Å². The highest BCUT2D eigenvalue weighted by atomic mass is 127. The number of amides is 1. The van der Waals surface area contributed by atoms with E-state index in [1.807, 2.05) is 24.0 Å². The quantitative estimate of drug-likeness (QED) is 0.716. The Labute approximate surface area is 121 Å². The first-order valence-electron chi connectivity index (χ1n) is 5.84. The SMILES string of the molecule is CCCCN(CC)C(=O)c1ccc(I)c(Cl)c1. The Morgan fingerprint density at radius 1 is 1.41 bits per heavy atom. The van der Waals surface area contributed by atoms with Crippen LogP contribution >= 0.6 is 34.2 Å². The summed E-state index contributed by atoms with van der Waals surface area (Å²) in [6, 6.07) is 5.47. The van der Waals surface area contributed by atoms with Gasteiger partial charge in [0, 0.05) is 22.2 Å². The van der Waals surface area contributed by atoms with Crippen molar-refractivity contribution in [2.24, 2.45) is 0 Å². The van der Waals surface area contributed by atoms with Crippen molar-refractivity contribution in [3.8, 4) is 0 Å². The maximum atomic E-state index is 12.2. The average molecular weight is 366 g/mol. The van der Waals surface area contributed by atoms with Gasteiger partial charge in [0.1, 0.15) is 0 Å². The number of rotatable bonds is 5. The summed E-state index contributed by atoms with van der Waals surface area (Å²) in [6.45, 7) is 5.68. The Hall–Kier alpha value is -0.290. The minimum absolute atomic E-state index is 0.0688. The molecule has 0 aliphatic heterocycles. The molecule has 1 aromatic carbocycles. The molecule has 17 heavy (non-hydrogen) atoms. The monoisotopic (exact) mass is 365 g/mol. The highest BCUT2D eigenvalue weighted by Gasteiger charge is 2.14. The first-order chi connectivity index (χ1) is 8.10. The van der Waals surface area contributed by atoms with E-state index in [0.29, 0.717) is 10.6 Å². The maximum absolute atomic E-state index is 12.2. The van der Waals surface area contributed by atoms with E-state index in [1.165, 1.54) is 0 Å². The van der Waals surface area contributed by atoms with Gasteiger partial charge in [0.25, 0.3) is 5.91 Å². The van der Waals surface area contributed by atoms with Crippen LogP contribution in [-0.4, -0.2) is 23.9 Å². The van der Waals surface area contributed by atoms with Crippen LogP contribution < -0.4 is 0 Å². The molecule has 0 atom stereocenters. The summed E-state index contributed by atoms with van der Waals surface area (Å²) in [5, 5.41) is 0.642. The smallest absolute Gasteiger partial charge is 0.253 e. The second-order valence-electron chi connectivity index (χ2n) is 3.87. The van der Waals surface area contributed by atoms with Crippen LogP contribution in [0.25, 0.3) is 0 Å². The molecule has 2 nitrogen and oxygen atoms in total. The Morgan fingerprint density at radius 2 is 2.12 bits per heavy atom. The summed E-state index contributed by atoms with van der Waals surface area (Å²) in [5.74, 6) is 0.0688. The lowest BCUT2D eigenvalue weighted by atomic mass is 10.2. The lowest BCUT2D eigenvalue weighted by molar-refractivity contribution is 0.0762. The maximum Gasteiger partial charge on any atom is 0.253 e. The van der Waals surface area contributed by atoms with Gasteiger partial charge in [-0.05, 0) is 54.1 Å². The molecule has 0 radical (unpaired) electrons. The van der Waals surface area contributed by atoms with Gasteiger partial charge in [-0.25, -0.2) is 0 Å². The van der Waals surface area contributed by atoms with Crippen molar-refractivity contribution in [1.29, 1.82) is 0 Å². The normalized spacial score (nSPS) is 10.4. The highest BCUT2D eigenvalue weighted by molar-refractivity contribution is 14.1. The summed E-state index contributed by atoms with van der Waals surface area (Å²) in [5.41, 5.74) is 0.674. The third-order valence-corrected chi connectivity index (χ3v) is 4.19. The largest absolute Gasteiger partial charge is 0.339 e. The van der Waals surface area contributed by atoms with Crippen LogP contribution in [0.5, 0.6) is 0 Å². The van der Waals surface area contributed by atoms with Crippen LogP contribution in [-0.2, 0) is 0 Å². The molecular weight excluding hydrogens is 349 g/mol. The van der Waals surface area contributed by atoms with Gasteiger partial charge in [-0.15, -0.1) is 0 Å². The number of nitrogens with zero attached hydrogens (tertiary/aromatic N) is 1. The Bertz CT molecular complexity index is 395. The number of unbranched alkanes of at least 4 members (excludes halogenated alkanes) is 1. The molecular formula is C13H17ClINO. The van der Waals surface area contributed by atoms with Crippen molar-refractivity contribution in [3.05, 3.63) is 32.4 Å². The third-order valence-electron chi connectivity index (χ3n) is 2.62. The van der Waals surface area contributed by atoms with Crippen LogP contribution in [0, 0.1) is 3.57 Å². The number of hydrogen-bond donors (Lipinski definition) is 0. The molecule has 0 fully saturated rings. The first-order valence-corrected chi connectivity index (χ1v) is 7.30. The van der Waals surface area contributed by atoms with Gasteiger partial charge in [0.2, 0.25) is 0 Å². The number of halogens is 2. The minimum atomic E-state index is 0.0688. The van der Waals surface area contributed by atoms with Crippen molar-refractivity contribution in [3.63, 3.8) is 0 Å². The van der Waals surface area contributed by atoms with E-state index in [-0.39, 0.29) is 5.91 Å². The molecule has 0 spiro atoms. The molecule has 0 aliphatic rings. The Morgan fingerprint density at radius 3 is 2.65 bits per heavy atom. The number of carbonyl (C=O) groups excluding carboxylic acids is 1. The van der Waals surface area contributed by atoms with E-state index >= 15 is 0 Å². The molecule has 0 aromatic heterocycles. The van der Waals surface area contributed by atoms with Crippen molar-refractivity contribution in [1.82, 2.24) is 4.90 Å². The minimum Gasteiger partial charge on any atom is -0.339 e. The molecule has 0 heterocycles. The second kappa shape index (κ2) is 7.21. The van der Waals surface area contributed by atoms with E-state index < -0.39 is 0 Å². The molecule has 1 rings (SSSR count). The van der Waals surface area contributed by atoms with E-state index in [4.69, 9.17) is 11.6 Å². The molecule has 4 heteroatoms. The van der Waals surface area contributed by atoms with Gasteiger partial charge in [0.15, 0.2) is 0 Å². The number of hydrogen-bond acceptors (Lipinski definition) is 1. The summed E-state index contributed by atoms with van der Waals surface area (Å²) >= 11 is 8.19. The molecule has 0 unspecified atom stereocenters. The van der Waals surface area contributed by atoms with Gasteiger partial charge >= 0.3 is 0 Å². The molecule has 0 N–H and O–H groups in total. The van der Waals surface area contributed by atoms with Crippen molar-refractivity contribution < 1.29 is 4.79 Å². The zero-order valence-electron chi connectivity index (χ0n) is 10.2. The van der Waals surface area contributed by atoms with Crippen LogP contribution in [0.4, 0.5) is 0 Å². The fraction of sp³-hybridized carbons (Fsp3) is 0.462. The summed E-state index contributed by atoms with van der Waals surface area (Å²) in [6.07, 6.45) is 2.13. The molecule has 1 aromatic rings. The van der Waals surface area contributed by atoms with Gasteiger partial charge < -0.3 is 4.90 Å². The lowest BCUT2D eigenvalue weighted by Gasteiger charge is -2.20. The topological polar surface area (TPSA) is 20.3 Å². The predicted molar refractivity (Wildman–Crippen MR) is 80.7 cm³/mol. The second-order valence-corrected chi connectivity index (χ2v) is 5.44. The molecule has 0 saturated carbocycles. The van der Waals surface area contributed by atoms with E-state index in [2.05, 4.69) is 29.5 Å². The van der Waals surface area contributed by atoms with Gasteiger partial charge in [-0.1, -0.05) is 24.9 Å². The van der Waals surface area contributed by atoms with E-state index in [9.17, 15) is 4.79 Å². The molecule has 0 bridgehead atoms. The van der Waals surface area contributed by atoms with Gasteiger partial charge in [-0.3, -0.25) is 4.79 Å². The van der Waals surface area contributed by atoms with Gasteiger partial charge in [-0.2, -0.15) is 0 Å². The summed E-state index contributed by atoms with van der Waals surface area (Å²) in [4.78, 5) is 14.1. The zero-order valence-corrected chi connectivity index (χ0v) is 13.1. The first kappa shape index (κ1) is 14.8. The lowest BCUT2D eigenvalue weighted by Crippen LogP contribution is -2.31. The zero-order chi connectivity index (χ0) is 12.8. The van der Waals surface area contributed by atoms with Crippen molar-refractivity contribution in [2.75, 3.05) is 13.1 Å². The molecule has 1 amide bonds. The van der Waals surface area contributed by atoms with Crippen LogP contribution in [0.1, 0.15) is 37.0 Å². The predicted octanol–water partition coefficient (Wildman–Crippen LogP) is 4.21. The van der Waals surface area contributed by atoms with Crippen molar-refractivity contribution in [2.45, 2.75) is 26.7 Å². The van der Waals surface area contributed by atoms with Crippen LogP contribution in [0.3, 0.4) is 0 Å². The van der Waals surface area contributed by atoms with Crippen LogP contribution in [0.2, 0.25) is 5.02 Å². The summed E-state index contributed by atoms with van der Waals surface area (Å²) in [7, 11) is 0. The standard InChI is InChI=1S/C13H17ClINO/c1-3-5-8-16(4-2)13(17)10-6-7-12(15)11(14)9-10/h6-7,9H,3-5,8H2,1-2H3. The van der Waals surface area contributed by atoms with Gasteiger partial charge in [0.05, 0.1) is 5.02 Å². The highest BCUT2D eigenvalue weighted by Crippen LogP contribution is 2.20. The number of benzene rings is 1. The fourth-order valence-electron chi connectivity index (χ4n) is 1.56.